The highest BCUT2D eigenvalue weighted by atomic mass is 35.5. The summed E-state index contributed by atoms with van der Waals surface area (Å²) in [6.07, 6.45) is 2.56. The Labute approximate surface area is 202 Å². The summed E-state index contributed by atoms with van der Waals surface area (Å²) in [6, 6.07) is 12.4. The number of likely N-dealkylation sites (tertiary alicyclic amines) is 1. The molecule has 0 saturated carbocycles. The lowest BCUT2D eigenvalue weighted by molar-refractivity contribution is 0.122. The Kier molecular flexibility index (Phi) is 7.57. The number of piperidine rings is 1. The van der Waals surface area contributed by atoms with E-state index in [1.165, 1.54) is 4.90 Å². The molecule has 1 aromatic heterocycles. The van der Waals surface area contributed by atoms with Crippen LogP contribution in [0.4, 0.5) is 4.79 Å². The minimum atomic E-state index is -0.854. The number of rotatable bonds is 8. The van der Waals surface area contributed by atoms with Crippen LogP contribution in [0.15, 0.2) is 47.3 Å². The molecule has 3 aromatic rings. The number of nitrogens with zero attached hydrogens (tertiary/aromatic N) is 3. The van der Waals surface area contributed by atoms with Gasteiger partial charge >= 0.3 is 6.09 Å². The summed E-state index contributed by atoms with van der Waals surface area (Å²) in [7, 11) is 1.56. The summed E-state index contributed by atoms with van der Waals surface area (Å²) in [5, 5.41) is 10.3. The van der Waals surface area contributed by atoms with Crippen LogP contribution < -0.4 is 15.0 Å². The lowest BCUT2D eigenvalue weighted by atomic mass is 9.92. The summed E-state index contributed by atoms with van der Waals surface area (Å²) in [4.78, 5) is 30.7. The molecule has 0 atom stereocenters. The number of fused-ring (bicyclic) bond motifs is 1. The normalized spacial score (nSPS) is 14.4. The Morgan fingerprint density at radius 1 is 1.18 bits per heavy atom. The van der Waals surface area contributed by atoms with Crippen molar-refractivity contribution in [1.82, 2.24) is 14.5 Å². The zero-order valence-electron chi connectivity index (χ0n) is 19.1. The third-order valence-electron chi connectivity index (χ3n) is 6.31. The molecule has 1 N–H and O–H groups in total. The second-order valence-corrected chi connectivity index (χ2v) is 8.88. The molecule has 1 aliphatic rings. The largest absolute Gasteiger partial charge is 0.494 e. The third-order valence-corrected chi connectivity index (χ3v) is 6.56. The number of benzene rings is 2. The highest BCUT2D eigenvalue weighted by Crippen LogP contribution is 2.24. The predicted octanol–water partition coefficient (Wildman–Crippen LogP) is 4.81. The van der Waals surface area contributed by atoms with Gasteiger partial charge in [0.25, 0.3) is 5.56 Å². The van der Waals surface area contributed by atoms with E-state index in [0.29, 0.717) is 58.8 Å². The average molecular weight is 486 g/mol. The van der Waals surface area contributed by atoms with Crippen molar-refractivity contribution in [3.05, 3.63) is 63.7 Å². The van der Waals surface area contributed by atoms with E-state index in [2.05, 4.69) is 0 Å². The Balaban J connectivity index is 1.53. The van der Waals surface area contributed by atoms with Crippen molar-refractivity contribution in [2.24, 2.45) is 5.92 Å². The van der Waals surface area contributed by atoms with Gasteiger partial charge in [0, 0.05) is 24.7 Å². The quantitative estimate of drug-likeness (QED) is 0.492. The lowest BCUT2D eigenvalue weighted by Crippen LogP contribution is -2.37. The summed E-state index contributed by atoms with van der Waals surface area (Å²) < 4.78 is 13.0. The van der Waals surface area contributed by atoms with E-state index in [-0.39, 0.29) is 12.2 Å². The third kappa shape index (κ3) is 5.44. The van der Waals surface area contributed by atoms with Crippen molar-refractivity contribution >= 4 is 28.6 Å². The molecular weight excluding hydrogens is 458 g/mol. The number of para-hydroxylation sites is 1. The molecule has 0 unspecified atom stereocenters. The number of halogens is 1. The van der Waals surface area contributed by atoms with E-state index in [4.69, 9.17) is 31.2 Å². The highest BCUT2D eigenvalue weighted by Gasteiger charge is 2.22. The Hall–Kier alpha value is -3.26. The van der Waals surface area contributed by atoms with E-state index >= 15 is 0 Å². The molecule has 9 heteroatoms. The van der Waals surface area contributed by atoms with Gasteiger partial charge < -0.3 is 19.5 Å². The molecule has 1 saturated heterocycles. The Morgan fingerprint density at radius 3 is 2.59 bits per heavy atom. The van der Waals surface area contributed by atoms with Crippen molar-refractivity contribution in [2.75, 3.05) is 20.2 Å². The van der Waals surface area contributed by atoms with Gasteiger partial charge in [0.15, 0.2) is 0 Å². The van der Waals surface area contributed by atoms with Gasteiger partial charge in [-0.3, -0.25) is 9.36 Å². The molecule has 1 amide bonds. The molecule has 0 bridgehead atoms. The van der Waals surface area contributed by atoms with Gasteiger partial charge in [-0.1, -0.05) is 17.7 Å². The van der Waals surface area contributed by atoms with Gasteiger partial charge in [0.05, 0.1) is 12.5 Å². The van der Waals surface area contributed by atoms with E-state index in [9.17, 15) is 9.59 Å². The van der Waals surface area contributed by atoms with Crippen molar-refractivity contribution < 1.29 is 19.4 Å². The molecule has 2 aromatic carbocycles. The first-order valence-electron chi connectivity index (χ1n) is 11.4. The fraction of sp³-hybridized carbons (Fsp3) is 0.400. The fourth-order valence-electron chi connectivity index (χ4n) is 4.40. The first-order valence-corrected chi connectivity index (χ1v) is 11.8. The van der Waals surface area contributed by atoms with Gasteiger partial charge in [-0.2, -0.15) is 0 Å². The number of amides is 1. The molecule has 34 heavy (non-hydrogen) atoms. The van der Waals surface area contributed by atoms with Crippen LogP contribution in [0.5, 0.6) is 11.5 Å². The Bertz CT molecular complexity index is 1200. The average Bonchev–Trinajstić information content (AvgIpc) is 2.85. The van der Waals surface area contributed by atoms with Crippen LogP contribution >= 0.6 is 11.6 Å². The van der Waals surface area contributed by atoms with Gasteiger partial charge in [-0.25, -0.2) is 9.78 Å². The maximum Gasteiger partial charge on any atom is 0.407 e. The van der Waals surface area contributed by atoms with Crippen LogP contribution in [0.1, 0.15) is 31.5 Å². The molecule has 0 radical (unpaired) electrons. The van der Waals surface area contributed by atoms with Crippen LogP contribution in [0, 0.1) is 5.92 Å². The maximum atomic E-state index is 13.4. The second kappa shape index (κ2) is 10.8. The summed E-state index contributed by atoms with van der Waals surface area (Å²) >= 11 is 5.96. The standard InChI is InChI=1S/C25H28ClN3O5/c1-33-21-6-2-5-20-23(21)27-22(16-34-19-9-7-18(26)8-10-19)29(24(20)30)13-3-4-17-11-14-28(15-12-17)25(31)32/h2,5-10,17H,3-4,11-16H2,1H3,(H,31,32). The maximum absolute atomic E-state index is 13.4. The van der Waals surface area contributed by atoms with Crippen LogP contribution in [0.2, 0.25) is 5.02 Å². The van der Waals surface area contributed by atoms with Crippen LogP contribution in [-0.2, 0) is 13.2 Å². The minimum absolute atomic E-state index is 0.126. The molecule has 0 spiro atoms. The van der Waals surface area contributed by atoms with Crippen molar-refractivity contribution in [1.29, 1.82) is 0 Å². The molecule has 1 fully saturated rings. The second-order valence-electron chi connectivity index (χ2n) is 8.44. The predicted molar refractivity (Wildman–Crippen MR) is 130 cm³/mol. The van der Waals surface area contributed by atoms with Crippen LogP contribution in [0.3, 0.4) is 0 Å². The fourth-order valence-corrected chi connectivity index (χ4v) is 4.52. The Morgan fingerprint density at radius 2 is 1.91 bits per heavy atom. The smallest absolute Gasteiger partial charge is 0.407 e. The molecule has 8 nitrogen and oxygen atoms in total. The SMILES string of the molecule is COc1cccc2c(=O)n(CCCC3CCN(C(=O)O)CC3)c(COc3ccc(Cl)cc3)nc12. The van der Waals surface area contributed by atoms with Gasteiger partial charge in [0.2, 0.25) is 0 Å². The summed E-state index contributed by atoms with van der Waals surface area (Å²) in [5.41, 5.74) is 0.390. The summed E-state index contributed by atoms with van der Waals surface area (Å²) in [5.74, 6) is 2.15. The van der Waals surface area contributed by atoms with Gasteiger partial charge in [0.1, 0.15) is 29.4 Å². The molecule has 0 aliphatic carbocycles. The van der Waals surface area contributed by atoms with E-state index < -0.39 is 6.09 Å². The number of hydrogen-bond acceptors (Lipinski definition) is 5. The molecule has 2 heterocycles. The minimum Gasteiger partial charge on any atom is -0.494 e. The van der Waals surface area contributed by atoms with Gasteiger partial charge in [-0.05, 0) is 68.0 Å². The molecular formula is C25H28ClN3O5. The number of hydrogen-bond donors (Lipinski definition) is 1. The molecule has 1 aliphatic heterocycles. The van der Waals surface area contributed by atoms with Crippen LogP contribution in [-0.4, -0.2) is 45.9 Å². The zero-order valence-corrected chi connectivity index (χ0v) is 19.8. The number of carboxylic acid groups (broad SMARTS) is 1. The lowest BCUT2D eigenvalue weighted by Gasteiger charge is -2.30. The van der Waals surface area contributed by atoms with Crippen LogP contribution in [0.25, 0.3) is 10.9 Å². The number of methoxy groups -OCH3 is 1. The zero-order chi connectivity index (χ0) is 24.1. The van der Waals surface area contributed by atoms with E-state index in [1.54, 1.807) is 54.1 Å². The van der Waals surface area contributed by atoms with Crippen molar-refractivity contribution in [3.63, 3.8) is 0 Å². The summed E-state index contributed by atoms with van der Waals surface area (Å²) in [6.45, 7) is 1.77. The molecule has 4 rings (SSSR count). The molecule has 180 valence electrons. The first-order chi connectivity index (χ1) is 16.5. The van der Waals surface area contributed by atoms with Crippen molar-refractivity contribution in [2.45, 2.75) is 38.8 Å². The number of ether oxygens (including phenoxy) is 2. The number of carbonyl (C=O) groups is 1. The first kappa shape index (κ1) is 23.9. The van der Waals surface area contributed by atoms with Crippen molar-refractivity contribution in [3.8, 4) is 11.5 Å². The number of aromatic nitrogens is 2. The van der Waals surface area contributed by atoms with E-state index in [0.717, 1.165) is 25.7 Å². The topological polar surface area (TPSA) is 93.9 Å². The monoisotopic (exact) mass is 485 g/mol. The highest BCUT2D eigenvalue weighted by molar-refractivity contribution is 6.30. The van der Waals surface area contributed by atoms with E-state index in [1.807, 2.05) is 0 Å². The van der Waals surface area contributed by atoms with Gasteiger partial charge in [-0.15, -0.1) is 0 Å².